The van der Waals surface area contributed by atoms with Crippen molar-refractivity contribution in [1.82, 2.24) is 0 Å². The highest BCUT2D eigenvalue weighted by atomic mass is 28.3. The van der Waals surface area contributed by atoms with Crippen molar-refractivity contribution in [3.63, 3.8) is 0 Å². The van der Waals surface area contributed by atoms with Gasteiger partial charge in [0.25, 0.3) is 0 Å². The zero-order valence-electron chi connectivity index (χ0n) is 24.4. The molecule has 0 nitrogen and oxygen atoms in total. The molecule has 9 rings (SSSR count). The second-order valence-electron chi connectivity index (χ2n) is 12.5. The normalized spacial score (nSPS) is 13.5. The Labute approximate surface area is 252 Å². The lowest BCUT2D eigenvalue weighted by molar-refractivity contribution is 1.68. The first-order valence-corrected chi connectivity index (χ1v) is 18.2. The van der Waals surface area contributed by atoms with Crippen LogP contribution in [0.1, 0.15) is 0 Å². The molecule has 0 atom stereocenters. The Morgan fingerprint density at radius 2 is 0.953 bits per heavy atom. The molecular weight excluding hydrogens is 533 g/mol. The summed E-state index contributed by atoms with van der Waals surface area (Å²) in [6, 6.07) is 54.6. The molecular formula is C42H30Si. The van der Waals surface area contributed by atoms with Gasteiger partial charge in [0, 0.05) is 0 Å². The summed E-state index contributed by atoms with van der Waals surface area (Å²) in [5.74, 6) is 0. The van der Waals surface area contributed by atoms with E-state index in [1.165, 1.54) is 76.5 Å². The fraction of sp³-hybridized carbons (Fsp3) is 0.0476. The quantitative estimate of drug-likeness (QED) is 0.145. The number of fused-ring (bicyclic) bond motifs is 7. The van der Waals surface area contributed by atoms with Gasteiger partial charge in [0.2, 0.25) is 0 Å². The Bertz CT molecular complexity index is 2420. The van der Waals surface area contributed by atoms with Gasteiger partial charge in [-0.2, -0.15) is 0 Å². The van der Waals surface area contributed by atoms with E-state index < -0.39 is 8.07 Å². The predicted octanol–water partition coefficient (Wildman–Crippen LogP) is 10.4. The van der Waals surface area contributed by atoms with Crippen molar-refractivity contribution < 1.29 is 0 Å². The van der Waals surface area contributed by atoms with Gasteiger partial charge >= 0.3 is 0 Å². The maximum absolute atomic E-state index is 2.59. The van der Waals surface area contributed by atoms with Crippen LogP contribution in [0.25, 0.3) is 76.5 Å². The molecule has 1 aliphatic rings. The van der Waals surface area contributed by atoms with Crippen molar-refractivity contribution in [3.05, 3.63) is 146 Å². The maximum atomic E-state index is 2.59. The molecule has 0 spiro atoms. The van der Waals surface area contributed by atoms with Crippen molar-refractivity contribution in [3.8, 4) is 33.4 Å². The fourth-order valence-corrected chi connectivity index (χ4v) is 10.8. The lowest BCUT2D eigenvalue weighted by Crippen LogP contribution is -2.49. The van der Waals surface area contributed by atoms with Gasteiger partial charge in [-0.25, -0.2) is 0 Å². The summed E-state index contributed by atoms with van der Waals surface area (Å²) in [5.41, 5.74) is 8.08. The van der Waals surface area contributed by atoms with Crippen LogP contribution in [0.5, 0.6) is 0 Å². The summed E-state index contributed by atoms with van der Waals surface area (Å²) in [6.45, 7) is 5.04. The SMILES string of the molecule is C[Si]1(C)c2ccccc2-c2cc3c(-c4ccc5ccccc5c4)c4ccccc4c(-c4cccc5ccccc45)c3cc21. The van der Waals surface area contributed by atoms with Gasteiger partial charge in [-0.3, -0.25) is 0 Å². The van der Waals surface area contributed by atoms with Crippen LogP contribution in [-0.4, -0.2) is 8.07 Å². The zero-order chi connectivity index (χ0) is 28.7. The third-order valence-electron chi connectivity index (χ3n) is 9.82. The Morgan fingerprint density at radius 1 is 0.349 bits per heavy atom. The average Bonchev–Trinajstić information content (AvgIpc) is 3.28. The van der Waals surface area contributed by atoms with E-state index >= 15 is 0 Å². The highest BCUT2D eigenvalue weighted by Gasteiger charge is 2.38. The van der Waals surface area contributed by atoms with Crippen molar-refractivity contribution in [1.29, 1.82) is 0 Å². The molecule has 1 heteroatoms. The van der Waals surface area contributed by atoms with Crippen molar-refractivity contribution in [2.24, 2.45) is 0 Å². The van der Waals surface area contributed by atoms with E-state index in [2.05, 4.69) is 159 Å². The molecule has 202 valence electrons. The standard InChI is InChI=1S/C42H30Si/c1-43(2)39-21-10-9-17-32(39)36-25-37-38(26-40(36)43)42(33-20-11-15-28-13-5-6-16-31(28)33)35-19-8-7-18-34(35)41(37)30-23-22-27-12-3-4-14-29(27)24-30/h3-26H,1-2H3. The second-order valence-corrected chi connectivity index (χ2v) is 16.8. The summed E-state index contributed by atoms with van der Waals surface area (Å²) in [4.78, 5) is 0. The molecule has 0 radical (unpaired) electrons. The number of hydrogen-bond acceptors (Lipinski definition) is 0. The van der Waals surface area contributed by atoms with Gasteiger partial charge in [-0.15, -0.1) is 0 Å². The van der Waals surface area contributed by atoms with Crippen molar-refractivity contribution in [2.45, 2.75) is 13.1 Å². The Balaban J connectivity index is 1.50. The minimum absolute atomic E-state index is 1.27. The molecule has 1 aliphatic heterocycles. The van der Waals surface area contributed by atoms with Crippen molar-refractivity contribution >= 4 is 61.5 Å². The van der Waals surface area contributed by atoms with Gasteiger partial charge in [0.05, 0.1) is 0 Å². The van der Waals surface area contributed by atoms with Crippen LogP contribution in [0.15, 0.2) is 146 Å². The molecule has 0 saturated carbocycles. The zero-order valence-corrected chi connectivity index (χ0v) is 25.4. The number of hydrogen-bond donors (Lipinski definition) is 0. The van der Waals surface area contributed by atoms with E-state index in [4.69, 9.17) is 0 Å². The summed E-state index contributed by atoms with van der Waals surface area (Å²) in [5, 5.41) is 13.5. The Hall–Kier alpha value is -4.98. The van der Waals surface area contributed by atoms with Gasteiger partial charge in [-0.05, 0) is 99.0 Å². The Morgan fingerprint density at radius 3 is 1.79 bits per heavy atom. The molecule has 0 unspecified atom stereocenters. The third-order valence-corrected chi connectivity index (χ3v) is 13.4. The van der Waals surface area contributed by atoms with Crippen LogP contribution < -0.4 is 10.4 Å². The Kier molecular flexibility index (Phi) is 5.15. The molecule has 0 saturated heterocycles. The predicted molar refractivity (Wildman–Crippen MR) is 190 cm³/mol. The first-order chi connectivity index (χ1) is 21.1. The smallest absolute Gasteiger partial charge is 0.0623 e. The highest BCUT2D eigenvalue weighted by Crippen LogP contribution is 2.47. The topological polar surface area (TPSA) is 0 Å². The molecule has 8 aromatic carbocycles. The first-order valence-electron chi connectivity index (χ1n) is 15.2. The molecule has 0 fully saturated rings. The van der Waals surface area contributed by atoms with Crippen LogP contribution in [0.4, 0.5) is 0 Å². The van der Waals surface area contributed by atoms with Gasteiger partial charge in [0.15, 0.2) is 0 Å². The molecule has 8 aromatic rings. The molecule has 0 bridgehead atoms. The van der Waals surface area contributed by atoms with E-state index in [9.17, 15) is 0 Å². The number of benzene rings is 8. The molecule has 0 amide bonds. The van der Waals surface area contributed by atoms with Gasteiger partial charge < -0.3 is 0 Å². The molecule has 1 heterocycles. The summed E-state index contributed by atoms with van der Waals surface area (Å²) >= 11 is 0. The largest absolute Gasteiger partial charge is 0.113 e. The lowest BCUT2D eigenvalue weighted by atomic mass is 9.83. The van der Waals surface area contributed by atoms with E-state index in [1.807, 2.05) is 0 Å². The van der Waals surface area contributed by atoms with Crippen molar-refractivity contribution in [2.75, 3.05) is 0 Å². The third kappa shape index (κ3) is 3.49. The number of rotatable bonds is 2. The van der Waals surface area contributed by atoms with Crippen LogP contribution in [0, 0.1) is 0 Å². The average molecular weight is 563 g/mol. The van der Waals surface area contributed by atoms with Gasteiger partial charge in [0.1, 0.15) is 8.07 Å². The summed E-state index contributed by atoms with van der Waals surface area (Å²) in [7, 11) is -1.88. The first kappa shape index (κ1) is 24.6. The molecule has 43 heavy (non-hydrogen) atoms. The molecule has 0 aromatic heterocycles. The van der Waals surface area contributed by atoms with Crippen LogP contribution >= 0.6 is 0 Å². The van der Waals surface area contributed by atoms with Crippen LogP contribution in [-0.2, 0) is 0 Å². The van der Waals surface area contributed by atoms with Crippen LogP contribution in [0.2, 0.25) is 13.1 Å². The summed E-state index contributed by atoms with van der Waals surface area (Å²) in [6.07, 6.45) is 0. The lowest BCUT2D eigenvalue weighted by Gasteiger charge is -2.23. The molecule has 0 N–H and O–H groups in total. The minimum atomic E-state index is -1.88. The van der Waals surface area contributed by atoms with Crippen LogP contribution in [0.3, 0.4) is 0 Å². The monoisotopic (exact) mass is 562 g/mol. The fourth-order valence-electron chi connectivity index (χ4n) is 7.76. The van der Waals surface area contributed by atoms with E-state index in [0.717, 1.165) is 0 Å². The summed E-state index contributed by atoms with van der Waals surface area (Å²) < 4.78 is 0. The van der Waals surface area contributed by atoms with Gasteiger partial charge in [-0.1, -0.05) is 147 Å². The van der Waals surface area contributed by atoms with E-state index in [1.54, 1.807) is 10.4 Å². The van der Waals surface area contributed by atoms with E-state index in [0.29, 0.717) is 0 Å². The van der Waals surface area contributed by atoms with E-state index in [-0.39, 0.29) is 0 Å². The molecule has 0 aliphatic carbocycles. The maximum Gasteiger partial charge on any atom is 0.113 e. The highest BCUT2D eigenvalue weighted by molar-refractivity contribution is 7.04. The minimum Gasteiger partial charge on any atom is -0.0623 e. The second kappa shape index (κ2) is 9.01.